The van der Waals surface area contributed by atoms with E-state index in [1.54, 1.807) is 0 Å². The number of nitro benzene ring substituents is 1. The van der Waals surface area contributed by atoms with Crippen LogP contribution in [0.15, 0.2) is 30.3 Å². The molecule has 0 saturated carbocycles. The SMILES string of the molecule is Cc1cc(C)c(NC(=O)CNc2ccc([N+](=O)[O-])cc2C#N)c(C)c1. The van der Waals surface area contributed by atoms with Gasteiger partial charge in [-0.3, -0.25) is 14.9 Å². The van der Waals surface area contributed by atoms with E-state index >= 15 is 0 Å². The number of rotatable bonds is 5. The van der Waals surface area contributed by atoms with E-state index in [9.17, 15) is 14.9 Å². The molecule has 128 valence electrons. The van der Waals surface area contributed by atoms with Crippen molar-refractivity contribution in [3.05, 3.63) is 62.7 Å². The van der Waals surface area contributed by atoms with Crippen molar-refractivity contribution in [2.75, 3.05) is 17.2 Å². The fraction of sp³-hybridized carbons (Fsp3) is 0.222. The Labute approximate surface area is 145 Å². The molecule has 0 atom stereocenters. The van der Waals surface area contributed by atoms with Crippen LogP contribution in [0.1, 0.15) is 22.3 Å². The van der Waals surface area contributed by atoms with Crippen LogP contribution in [0.3, 0.4) is 0 Å². The minimum Gasteiger partial charge on any atom is -0.375 e. The van der Waals surface area contributed by atoms with Gasteiger partial charge in [-0.2, -0.15) is 5.26 Å². The summed E-state index contributed by atoms with van der Waals surface area (Å²) in [7, 11) is 0. The predicted molar refractivity (Wildman–Crippen MR) is 95.6 cm³/mol. The number of anilines is 2. The molecule has 0 saturated heterocycles. The first-order valence-corrected chi connectivity index (χ1v) is 7.62. The topological polar surface area (TPSA) is 108 Å². The van der Waals surface area contributed by atoms with Crippen LogP contribution >= 0.6 is 0 Å². The van der Waals surface area contributed by atoms with Gasteiger partial charge in [-0.05, 0) is 38.0 Å². The van der Waals surface area contributed by atoms with Crippen LogP contribution in [-0.2, 0) is 4.79 Å². The van der Waals surface area contributed by atoms with Crippen LogP contribution in [-0.4, -0.2) is 17.4 Å². The number of nitrogens with one attached hydrogen (secondary N) is 2. The van der Waals surface area contributed by atoms with Crippen LogP contribution in [0.4, 0.5) is 17.1 Å². The van der Waals surface area contributed by atoms with E-state index in [-0.39, 0.29) is 23.7 Å². The van der Waals surface area contributed by atoms with Gasteiger partial charge in [0.25, 0.3) is 5.69 Å². The number of carbonyl (C=O) groups is 1. The zero-order chi connectivity index (χ0) is 18.6. The Kier molecular flexibility index (Phi) is 5.35. The van der Waals surface area contributed by atoms with Gasteiger partial charge in [0.2, 0.25) is 5.91 Å². The van der Waals surface area contributed by atoms with Crippen LogP contribution in [0.25, 0.3) is 0 Å². The summed E-state index contributed by atoms with van der Waals surface area (Å²) in [6.07, 6.45) is 0. The summed E-state index contributed by atoms with van der Waals surface area (Å²) in [6, 6.07) is 9.75. The van der Waals surface area contributed by atoms with Gasteiger partial charge in [0.05, 0.1) is 22.7 Å². The minimum absolute atomic E-state index is 0.0563. The third-order valence-electron chi connectivity index (χ3n) is 3.72. The maximum Gasteiger partial charge on any atom is 0.270 e. The van der Waals surface area contributed by atoms with Crippen molar-refractivity contribution in [1.82, 2.24) is 0 Å². The number of amides is 1. The molecule has 0 aromatic heterocycles. The molecule has 1 amide bonds. The normalized spacial score (nSPS) is 10.0. The average molecular weight is 338 g/mol. The van der Waals surface area contributed by atoms with E-state index in [2.05, 4.69) is 10.6 Å². The van der Waals surface area contributed by atoms with E-state index in [1.807, 2.05) is 39.0 Å². The van der Waals surface area contributed by atoms with E-state index < -0.39 is 4.92 Å². The van der Waals surface area contributed by atoms with Crippen LogP contribution in [0.5, 0.6) is 0 Å². The molecule has 25 heavy (non-hydrogen) atoms. The number of non-ortho nitro benzene ring substituents is 1. The van der Waals surface area contributed by atoms with Gasteiger partial charge in [0, 0.05) is 17.8 Å². The lowest BCUT2D eigenvalue weighted by Crippen LogP contribution is -2.23. The van der Waals surface area contributed by atoms with Crippen molar-refractivity contribution in [1.29, 1.82) is 5.26 Å². The van der Waals surface area contributed by atoms with Crippen LogP contribution < -0.4 is 10.6 Å². The van der Waals surface area contributed by atoms with Crippen molar-refractivity contribution >= 4 is 23.0 Å². The standard InChI is InChI=1S/C18H18N4O3/c1-11-6-12(2)18(13(3)7-11)21-17(23)10-20-16-5-4-15(22(24)25)8-14(16)9-19/h4-8,20H,10H2,1-3H3,(H,21,23). The molecular weight excluding hydrogens is 320 g/mol. The van der Waals surface area contributed by atoms with Gasteiger partial charge < -0.3 is 10.6 Å². The summed E-state index contributed by atoms with van der Waals surface area (Å²) in [6.45, 7) is 5.78. The number of aryl methyl sites for hydroxylation is 3. The van der Waals surface area contributed by atoms with Gasteiger partial charge in [-0.25, -0.2) is 0 Å². The summed E-state index contributed by atoms with van der Waals surface area (Å²) in [5, 5.41) is 25.6. The molecule has 0 radical (unpaired) electrons. The Morgan fingerprint density at radius 3 is 2.40 bits per heavy atom. The third kappa shape index (κ3) is 4.32. The highest BCUT2D eigenvalue weighted by Gasteiger charge is 2.12. The lowest BCUT2D eigenvalue weighted by atomic mass is 10.1. The molecule has 2 aromatic carbocycles. The van der Waals surface area contributed by atoms with Crippen molar-refractivity contribution < 1.29 is 9.72 Å². The van der Waals surface area contributed by atoms with E-state index in [0.29, 0.717) is 5.69 Å². The molecule has 0 heterocycles. The maximum absolute atomic E-state index is 12.2. The van der Waals surface area contributed by atoms with E-state index in [4.69, 9.17) is 5.26 Å². The zero-order valence-corrected chi connectivity index (χ0v) is 14.2. The minimum atomic E-state index is -0.569. The van der Waals surface area contributed by atoms with Crippen LogP contribution in [0.2, 0.25) is 0 Å². The number of nitro groups is 1. The molecule has 0 unspecified atom stereocenters. The lowest BCUT2D eigenvalue weighted by Gasteiger charge is -2.14. The number of hydrogen-bond acceptors (Lipinski definition) is 5. The molecule has 7 heteroatoms. The fourth-order valence-corrected chi connectivity index (χ4v) is 2.63. The number of hydrogen-bond donors (Lipinski definition) is 2. The Hall–Kier alpha value is -3.40. The van der Waals surface area contributed by atoms with Crippen molar-refractivity contribution in [3.8, 4) is 6.07 Å². The second kappa shape index (κ2) is 7.45. The quantitative estimate of drug-likeness (QED) is 0.641. The first-order chi connectivity index (χ1) is 11.8. The monoisotopic (exact) mass is 338 g/mol. The van der Waals surface area contributed by atoms with Crippen molar-refractivity contribution in [3.63, 3.8) is 0 Å². The molecule has 2 rings (SSSR count). The zero-order valence-electron chi connectivity index (χ0n) is 14.2. The second-order valence-electron chi connectivity index (χ2n) is 5.77. The first-order valence-electron chi connectivity index (χ1n) is 7.62. The number of nitrogens with zero attached hydrogens (tertiary/aromatic N) is 2. The van der Waals surface area contributed by atoms with E-state index in [1.165, 1.54) is 18.2 Å². The Balaban J connectivity index is 2.08. The Morgan fingerprint density at radius 1 is 1.20 bits per heavy atom. The fourth-order valence-electron chi connectivity index (χ4n) is 2.63. The van der Waals surface area contributed by atoms with Gasteiger partial charge >= 0.3 is 0 Å². The average Bonchev–Trinajstić information content (AvgIpc) is 2.55. The molecule has 0 aliphatic carbocycles. The molecule has 0 fully saturated rings. The van der Waals surface area contributed by atoms with Gasteiger partial charge in [-0.15, -0.1) is 0 Å². The Morgan fingerprint density at radius 2 is 1.84 bits per heavy atom. The molecule has 0 spiro atoms. The predicted octanol–water partition coefficient (Wildman–Crippen LogP) is 3.44. The van der Waals surface area contributed by atoms with Gasteiger partial charge in [-0.1, -0.05) is 17.7 Å². The molecule has 0 aliphatic rings. The number of nitriles is 1. The van der Waals surface area contributed by atoms with Gasteiger partial charge in [0.15, 0.2) is 0 Å². The largest absolute Gasteiger partial charge is 0.375 e. The third-order valence-corrected chi connectivity index (χ3v) is 3.72. The highest BCUT2D eigenvalue weighted by molar-refractivity contribution is 5.95. The molecule has 0 aliphatic heterocycles. The summed E-state index contributed by atoms with van der Waals surface area (Å²) < 4.78 is 0. The van der Waals surface area contributed by atoms with Gasteiger partial charge in [0.1, 0.15) is 6.07 Å². The summed E-state index contributed by atoms with van der Waals surface area (Å²) in [4.78, 5) is 22.4. The van der Waals surface area contributed by atoms with Crippen LogP contribution in [0, 0.1) is 42.2 Å². The molecule has 2 aromatic rings. The second-order valence-corrected chi connectivity index (χ2v) is 5.77. The highest BCUT2D eigenvalue weighted by Crippen LogP contribution is 2.23. The molecule has 0 bridgehead atoms. The van der Waals surface area contributed by atoms with Crippen molar-refractivity contribution in [2.45, 2.75) is 20.8 Å². The Bertz CT molecular complexity index is 861. The number of carbonyl (C=O) groups excluding carboxylic acids is 1. The molecule has 2 N–H and O–H groups in total. The van der Waals surface area contributed by atoms with Crippen molar-refractivity contribution in [2.24, 2.45) is 0 Å². The van der Waals surface area contributed by atoms with E-state index in [0.717, 1.165) is 22.4 Å². The summed E-state index contributed by atoms with van der Waals surface area (Å²) >= 11 is 0. The lowest BCUT2D eigenvalue weighted by molar-refractivity contribution is -0.384. The summed E-state index contributed by atoms with van der Waals surface area (Å²) in [5.41, 5.74) is 4.15. The molecular formula is C18H18N4O3. The molecule has 7 nitrogen and oxygen atoms in total. The maximum atomic E-state index is 12.2. The first kappa shape index (κ1) is 17.9. The summed E-state index contributed by atoms with van der Waals surface area (Å²) in [5.74, 6) is -0.266. The number of benzene rings is 2. The smallest absolute Gasteiger partial charge is 0.270 e. The highest BCUT2D eigenvalue weighted by atomic mass is 16.6.